The smallest absolute Gasteiger partial charge is 0.312 e. The van der Waals surface area contributed by atoms with Crippen LogP contribution in [-0.4, -0.2) is 17.3 Å². The van der Waals surface area contributed by atoms with Crippen molar-refractivity contribution in [3.05, 3.63) is 50.4 Å². The van der Waals surface area contributed by atoms with Crippen LogP contribution < -0.4 is 19.8 Å². The van der Waals surface area contributed by atoms with Gasteiger partial charge in [-0.15, -0.1) is 0 Å². The fraction of sp³-hybridized carbons (Fsp3) is 0.294. The van der Waals surface area contributed by atoms with E-state index in [9.17, 15) is 9.59 Å². The molecule has 2 aliphatic rings. The molecule has 0 saturated carbocycles. The Labute approximate surface area is 142 Å². The van der Waals surface area contributed by atoms with E-state index in [0.29, 0.717) is 27.8 Å². The van der Waals surface area contributed by atoms with Gasteiger partial charge in [-0.1, -0.05) is 11.6 Å². The van der Waals surface area contributed by atoms with Crippen molar-refractivity contribution in [2.45, 2.75) is 19.3 Å². The van der Waals surface area contributed by atoms with E-state index in [1.807, 2.05) is 0 Å². The molecule has 0 N–H and O–H groups in total. The molecular formula is C17H14ClNO5. The average Bonchev–Trinajstić information content (AvgIpc) is 3.01. The lowest BCUT2D eigenvalue weighted by Crippen LogP contribution is -2.31. The summed E-state index contributed by atoms with van der Waals surface area (Å²) in [7, 11) is 1.69. The van der Waals surface area contributed by atoms with Crippen molar-refractivity contribution in [2.75, 3.05) is 6.79 Å². The van der Waals surface area contributed by atoms with Gasteiger partial charge in [-0.2, -0.15) is 0 Å². The number of rotatable bonds is 1. The number of hydrogen-bond acceptors (Lipinski definition) is 5. The summed E-state index contributed by atoms with van der Waals surface area (Å²) >= 11 is 6.25. The van der Waals surface area contributed by atoms with Gasteiger partial charge in [0.2, 0.25) is 6.79 Å². The van der Waals surface area contributed by atoms with Crippen molar-refractivity contribution in [2.24, 2.45) is 7.05 Å². The Bertz CT molecular complexity index is 934. The maximum absolute atomic E-state index is 12.7. The van der Waals surface area contributed by atoms with Gasteiger partial charge in [0.15, 0.2) is 11.5 Å². The van der Waals surface area contributed by atoms with E-state index in [1.165, 1.54) is 0 Å². The predicted octanol–water partition coefficient (Wildman–Crippen LogP) is 2.52. The number of benzene rings is 1. The Morgan fingerprint density at radius 2 is 1.96 bits per heavy atom. The van der Waals surface area contributed by atoms with E-state index in [4.69, 9.17) is 25.8 Å². The van der Waals surface area contributed by atoms with Crippen LogP contribution in [0.3, 0.4) is 0 Å². The monoisotopic (exact) mass is 347 g/mol. The molecule has 6 nitrogen and oxygen atoms in total. The standard InChI is InChI=1S/C17H14ClNO5/c1-8-3-12-15(17(21)19(8)2)10(6-14(20)24-12)9-4-11(18)16-13(5-9)22-7-23-16/h3-5,10H,6-7H2,1-2H3. The maximum Gasteiger partial charge on any atom is 0.312 e. The van der Waals surface area contributed by atoms with Crippen LogP contribution in [0.5, 0.6) is 17.2 Å². The molecular weight excluding hydrogens is 334 g/mol. The first kappa shape index (κ1) is 15.1. The minimum absolute atomic E-state index is 0.0707. The quantitative estimate of drug-likeness (QED) is 0.741. The van der Waals surface area contributed by atoms with Crippen molar-refractivity contribution in [3.8, 4) is 17.2 Å². The topological polar surface area (TPSA) is 66.8 Å². The fourth-order valence-electron chi connectivity index (χ4n) is 3.12. The third kappa shape index (κ3) is 2.17. The summed E-state index contributed by atoms with van der Waals surface area (Å²) in [4.78, 5) is 24.7. The molecule has 7 heteroatoms. The lowest BCUT2D eigenvalue weighted by Gasteiger charge is -2.25. The second-order valence-corrected chi connectivity index (χ2v) is 6.30. The molecule has 3 heterocycles. The molecule has 1 aromatic heterocycles. The minimum Gasteiger partial charge on any atom is -0.454 e. The second-order valence-electron chi connectivity index (χ2n) is 5.90. The van der Waals surface area contributed by atoms with Crippen molar-refractivity contribution < 1.29 is 19.0 Å². The van der Waals surface area contributed by atoms with Crippen LogP contribution in [0.1, 0.15) is 29.2 Å². The number of aryl methyl sites for hydroxylation is 1. The molecule has 0 aliphatic carbocycles. The van der Waals surface area contributed by atoms with Crippen LogP contribution in [0, 0.1) is 6.92 Å². The van der Waals surface area contributed by atoms with Gasteiger partial charge in [0.25, 0.3) is 5.56 Å². The summed E-state index contributed by atoms with van der Waals surface area (Å²) in [6.45, 7) is 1.89. The summed E-state index contributed by atoms with van der Waals surface area (Å²) in [5, 5.41) is 0.393. The van der Waals surface area contributed by atoms with Crippen molar-refractivity contribution >= 4 is 17.6 Å². The normalized spacial score (nSPS) is 18.3. The molecule has 4 rings (SSSR count). The Morgan fingerprint density at radius 3 is 2.75 bits per heavy atom. The maximum atomic E-state index is 12.7. The van der Waals surface area contributed by atoms with Gasteiger partial charge < -0.3 is 18.8 Å². The Kier molecular flexibility index (Phi) is 3.31. The predicted molar refractivity (Wildman–Crippen MR) is 86.1 cm³/mol. The molecule has 0 amide bonds. The largest absolute Gasteiger partial charge is 0.454 e. The number of pyridine rings is 1. The van der Waals surface area contributed by atoms with Crippen molar-refractivity contribution in [1.29, 1.82) is 0 Å². The number of halogens is 1. The lowest BCUT2D eigenvalue weighted by molar-refractivity contribution is -0.135. The van der Waals surface area contributed by atoms with Crippen LogP contribution >= 0.6 is 11.6 Å². The summed E-state index contributed by atoms with van der Waals surface area (Å²) in [6, 6.07) is 5.18. The highest BCUT2D eigenvalue weighted by molar-refractivity contribution is 6.32. The number of carbonyl (C=O) groups excluding carboxylic acids is 1. The first-order valence-electron chi connectivity index (χ1n) is 7.46. The molecule has 2 aromatic rings. The minimum atomic E-state index is -0.437. The fourth-order valence-corrected chi connectivity index (χ4v) is 3.40. The van der Waals surface area contributed by atoms with Crippen molar-refractivity contribution in [1.82, 2.24) is 4.57 Å². The molecule has 1 atom stereocenters. The van der Waals surface area contributed by atoms with Gasteiger partial charge in [-0.25, -0.2) is 0 Å². The van der Waals surface area contributed by atoms with E-state index >= 15 is 0 Å². The molecule has 0 fully saturated rings. The number of ether oxygens (including phenoxy) is 3. The summed E-state index contributed by atoms with van der Waals surface area (Å²) in [6.07, 6.45) is 0.0707. The van der Waals surface area contributed by atoms with Gasteiger partial charge in [-0.3, -0.25) is 9.59 Å². The number of aromatic nitrogens is 1. The number of nitrogens with zero attached hydrogens (tertiary/aromatic N) is 1. The highest BCUT2D eigenvalue weighted by Gasteiger charge is 2.33. The molecule has 124 valence electrons. The van der Waals surface area contributed by atoms with Crippen molar-refractivity contribution in [3.63, 3.8) is 0 Å². The molecule has 1 unspecified atom stereocenters. The Hall–Kier alpha value is -2.47. The number of carbonyl (C=O) groups is 1. The molecule has 0 saturated heterocycles. The average molecular weight is 348 g/mol. The van der Waals surface area contributed by atoms with Gasteiger partial charge >= 0.3 is 5.97 Å². The van der Waals surface area contributed by atoms with E-state index in [0.717, 1.165) is 11.3 Å². The Balaban J connectivity index is 1.92. The second kappa shape index (κ2) is 5.27. The van der Waals surface area contributed by atoms with Crippen LogP contribution in [0.4, 0.5) is 0 Å². The SMILES string of the molecule is Cc1cc2c(c(=O)n1C)C(c1cc(Cl)c3c(c1)OCO3)CC(=O)O2. The van der Waals surface area contributed by atoms with E-state index in [1.54, 1.807) is 36.7 Å². The first-order valence-corrected chi connectivity index (χ1v) is 7.83. The highest BCUT2D eigenvalue weighted by atomic mass is 35.5. The van der Waals surface area contributed by atoms with Gasteiger partial charge in [0, 0.05) is 24.7 Å². The van der Waals surface area contributed by atoms with Gasteiger partial charge in [0.05, 0.1) is 17.0 Å². The number of esters is 1. The van der Waals surface area contributed by atoms with Crippen LogP contribution in [0.2, 0.25) is 5.02 Å². The van der Waals surface area contributed by atoms with Gasteiger partial charge in [-0.05, 0) is 24.6 Å². The molecule has 24 heavy (non-hydrogen) atoms. The zero-order valence-electron chi connectivity index (χ0n) is 13.1. The molecule has 0 spiro atoms. The van der Waals surface area contributed by atoms with E-state index in [-0.39, 0.29) is 24.7 Å². The van der Waals surface area contributed by atoms with Gasteiger partial charge in [0.1, 0.15) is 5.75 Å². The summed E-state index contributed by atoms with van der Waals surface area (Å²) < 4.78 is 17.5. The lowest BCUT2D eigenvalue weighted by atomic mass is 9.86. The van der Waals surface area contributed by atoms with E-state index in [2.05, 4.69) is 0 Å². The zero-order chi connectivity index (χ0) is 17.0. The van der Waals surface area contributed by atoms with Crippen LogP contribution in [0.15, 0.2) is 23.0 Å². The number of hydrogen-bond donors (Lipinski definition) is 0. The number of fused-ring (bicyclic) bond motifs is 2. The zero-order valence-corrected chi connectivity index (χ0v) is 13.8. The molecule has 2 aliphatic heterocycles. The summed E-state index contributed by atoms with van der Waals surface area (Å²) in [5.74, 6) is 0.491. The third-order valence-electron chi connectivity index (χ3n) is 4.46. The Morgan fingerprint density at radius 1 is 1.17 bits per heavy atom. The summed E-state index contributed by atoms with van der Waals surface area (Å²) in [5.41, 5.74) is 1.72. The highest BCUT2D eigenvalue weighted by Crippen LogP contribution is 2.44. The van der Waals surface area contributed by atoms with E-state index < -0.39 is 5.92 Å². The first-order chi connectivity index (χ1) is 11.5. The third-order valence-corrected chi connectivity index (χ3v) is 4.75. The molecule has 1 aromatic carbocycles. The molecule has 0 bridgehead atoms. The molecule has 0 radical (unpaired) electrons. The van der Waals surface area contributed by atoms with Crippen LogP contribution in [0.25, 0.3) is 0 Å². The van der Waals surface area contributed by atoms with Crippen LogP contribution in [-0.2, 0) is 11.8 Å².